The third-order valence-electron chi connectivity index (χ3n) is 5.31. The molecular weight excluding hydrogens is 390 g/mol. The van der Waals surface area contributed by atoms with Crippen molar-refractivity contribution in [3.63, 3.8) is 0 Å². The minimum atomic E-state index is -0.756. The van der Waals surface area contributed by atoms with Gasteiger partial charge in [-0.25, -0.2) is 14.3 Å². The van der Waals surface area contributed by atoms with Gasteiger partial charge >= 0.3 is 11.9 Å². The normalized spacial score (nSPS) is 14.7. The smallest absolute Gasteiger partial charge is 0.361 e. The molecule has 3 aromatic rings. The Kier molecular flexibility index (Phi) is 5.21. The number of rotatable bonds is 4. The van der Waals surface area contributed by atoms with Gasteiger partial charge in [-0.05, 0) is 25.0 Å². The summed E-state index contributed by atoms with van der Waals surface area (Å²) in [5, 5.41) is 8.78. The highest BCUT2D eigenvalue weighted by Crippen LogP contribution is 2.26. The van der Waals surface area contributed by atoms with Crippen LogP contribution in [0, 0.1) is 0 Å². The molecule has 10 nitrogen and oxygen atoms in total. The van der Waals surface area contributed by atoms with E-state index in [1.807, 2.05) is 30.3 Å². The molecule has 0 bridgehead atoms. The number of hydrogen-bond donors (Lipinski definition) is 1. The van der Waals surface area contributed by atoms with E-state index in [0.29, 0.717) is 31.6 Å². The maximum atomic E-state index is 12.9. The molecule has 1 aliphatic heterocycles. The summed E-state index contributed by atoms with van der Waals surface area (Å²) >= 11 is 0. The second-order valence-corrected chi connectivity index (χ2v) is 7.01. The molecule has 0 saturated carbocycles. The van der Waals surface area contributed by atoms with Crippen molar-refractivity contribution < 1.29 is 23.9 Å². The zero-order valence-electron chi connectivity index (χ0n) is 16.6. The van der Waals surface area contributed by atoms with Crippen LogP contribution in [0.1, 0.15) is 50.3 Å². The van der Waals surface area contributed by atoms with E-state index in [2.05, 4.69) is 20.0 Å². The highest BCUT2D eigenvalue weighted by atomic mass is 16.5. The number of ether oxygens (including phenoxy) is 2. The number of para-hydroxylation sites is 1. The molecule has 0 aliphatic carbocycles. The molecule has 3 heterocycles. The van der Waals surface area contributed by atoms with Crippen LogP contribution in [0.4, 0.5) is 0 Å². The second kappa shape index (κ2) is 7.97. The van der Waals surface area contributed by atoms with E-state index < -0.39 is 11.9 Å². The van der Waals surface area contributed by atoms with Crippen molar-refractivity contribution in [3.8, 4) is 0 Å². The lowest BCUT2D eigenvalue weighted by molar-refractivity contribution is 0.0535. The summed E-state index contributed by atoms with van der Waals surface area (Å²) in [6, 6.07) is 9.37. The van der Waals surface area contributed by atoms with Crippen LogP contribution >= 0.6 is 0 Å². The predicted molar refractivity (Wildman–Crippen MR) is 105 cm³/mol. The van der Waals surface area contributed by atoms with Crippen molar-refractivity contribution in [2.24, 2.45) is 0 Å². The molecule has 10 heteroatoms. The fourth-order valence-corrected chi connectivity index (χ4v) is 3.74. The van der Waals surface area contributed by atoms with Gasteiger partial charge in [-0.1, -0.05) is 23.4 Å². The highest BCUT2D eigenvalue weighted by molar-refractivity contribution is 6.00. The molecule has 156 valence electrons. The van der Waals surface area contributed by atoms with E-state index in [4.69, 9.17) is 4.74 Å². The van der Waals surface area contributed by atoms with E-state index in [-0.39, 0.29) is 23.3 Å². The van der Waals surface area contributed by atoms with Gasteiger partial charge in [-0.2, -0.15) is 0 Å². The Morgan fingerprint density at radius 2 is 1.77 bits per heavy atom. The molecular formula is C20H21N5O5. The van der Waals surface area contributed by atoms with Crippen molar-refractivity contribution in [2.75, 3.05) is 27.3 Å². The number of H-pyrrole nitrogens is 1. The van der Waals surface area contributed by atoms with Gasteiger partial charge in [-0.15, -0.1) is 5.10 Å². The maximum Gasteiger partial charge on any atom is 0.361 e. The van der Waals surface area contributed by atoms with Gasteiger partial charge in [0, 0.05) is 24.0 Å². The Morgan fingerprint density at radius 1 is 1.07 bits per heavy atom. The number of aromatic amines is 1. The minimum absolute atomic E-state index is 0.0373. The third-order valence-corrected chi connectivity index (χ3v) is 5.31. The number of carbonyl (C=O) groups is 3. The number of likely N-dealkylation sites (tertiary alicyclic amines) is 1. The summed E-state index contributed by atoms with van der Waals surface area (Å²) in [7, 11) is 2.43. The van der Waals surface area contributed by atoms with Gasteiger partial charge in [-0.3, -0.25) is 4.79 Å². The lowest BCUT2D eigenvalue weighted by Crippen LogP contribution is -2.40. The molecule has 1 amide bonds. The standard InChI is InChI=1S/C20H21N5O5/c1-29-19(27)16-17(20(28)30-2)25(23-22-16)13-7-9-24(10-8-13)18(26)15-11-12-5-3-4-6-14(12)21-15/h3-6,11,13,21H,7-10H2,1-2H3. The van der Waals surface area contributed by atoms with Crippen LogP contribution < -0.4 is 0 Å². The van der Waals surface area contributed by atoms with E-state index in [0.717, 1.165) is 10.9 Å². The van der Waals surface area contributed by atoms with Gasteiger partial charge < -0.3 is 19.4 Å². The van der Waals surface area contributed by atoms with Crippen molar-refractivity contribution in [1.29, 1.82) is 0 Å². The first-order valence-electron chi connectivity index (χ1n) is 9.52. The summed E-state index contributed by atoms with van der Waals surface area (Å²) in [5.41, 5.74) is 1.24. The quantitative estimate of drug-likeness (QED) is 0.650. The first-order valence-corrected chi connectivity index (χ1v) is 9.52. The summed E-state index contributed by atoms with van der Waals surface area (Å²) in [6.07, 6.45) is 1.11. The third kappa shape index (κ3) is 3.40. The topological polar surface area (TPSA) is 119 Å². The number of aromatic nitrogens is 4. The van der Waals surface area contributed by atoms with Crippen LogP contribution in [0.15, 0.2) is 30.3 Å². The van der Waals surface area contributed by atoms with Gasteiger partial charge in [0.05, 0.1) is 20.3 Å². The average molecular weight is 411 g/mol. The van der Waals surface area contributed by atoms with E-state index >= 15 is 0 Å². The lowest BCUT2D eigenvalue weighted by atomic mass is 10.0. The van der Waals surface area contributed by atoms with Gasteiger partial charge in [0.15, 0.2) is 5.69 Å². The van der Waals surface area contributed by atoms with Gasteiger partial charge in [0.1, 0.15) is 5.69 Å². The van der Waals surface area contributed by atoms with Crippen molar-refractivity contribution in [3.05, 3.63) is 47.4 Å². The molecule has 30 heavy (non-hydrogen) atoms. The molecule has 2 aromatic heterocycles. The predicted octanol–water partition coefficient (Wildman–Crippen LogP) is 1.81. The number of amides is 1. The molecule has 1 fully saturated rings. The number of benzene rings is 1. The van der Waals surface area contributed by atoms with Crippen LogP contribution in [-0.2, 0) is 9.47 Å². The second-order valence-electron chi connectivity index (χ2n) is 7.01. The molecule has 1 aromatic carbocycles. The van der Waals surface area contributed by atoms with Crippen LogP contribution in [0.25, 0.3) is 10.9 Å². The number of methoxy groups -OCH3 is 2. The van der Waals surface area contributed by atoms with Crippen molar-refractivity contribution in [2.45, 2.75) is 18.9 Å². The summed E-state index contributed by atoms with van der Waals surface area (Å²) < 4.78 is 10.9. The zero-order chi connectivity index (χ0) is 21.3. The van der Waals surface area contributed by atoms with Crippen molar-refractivity contribution >= 4 is 28.7 Å². The van der Waals surface area contributed by atoms with Gasteiger partial charge in [0.25, 0.3) is 5.91 Å². The highest BCUT2D eigenvalue weighted by Gasteiger charge is 2.33. The maximum absolute atomic E-state index is 12.9. The Balaban J connectivity index is 1.50. The number of esters is 2. The van der Waals surface area contributed by atoms with E-state index in [9.17, 15) is 14.4 Å². The molecule has 0 radical (unpaired) electrons. The fraction of sp³-hybridized carbons (Fsp3) is 0.350. The number of nitrogens with zero attached hydrogens (tertiary/aromatic N) is 4. The van der Waals surface area contributed by atoms with Crippen LogP contribution in [0.2, 0.25) is 0 Å². The Bertz CT molecular complexity index is 1080. The Labute approximate surface area is 171 Å². The lowest BCUT2D eigenvalue weighted by Gasteiger charge is -2.32. The molecule has 0 unspecified atom stereocenters. The summed E-state index contributed by atoms with van der Waals surface area (Å²) in [4.78, 5) is 42.0. The molecule has 1 saturated heterocycles. The largest absolute Gasteiger partial charge is 0.464 e. The minimum Gasteiger partial charge on any atom is -0.464 e. The SMILES string of the molecule is COC(=O)c1nnn(C2CCN(C(=O)c3cc4ccccc4[nH]3)CC2)c1C(=O)OC. The number of carbonyl (C=O) groups excluding carboxylic acids is 3. The first kappa shape index (κ1) is 19.6. The first-order chi connectivity index (χ1) is 14.5. The van der Waals surface area contributed by atoms with E-state index in [1.165, 1.54) is 18.9 Å². The molecule has 0 atom stereocenters. The average Bonchev–Trinajstić information content (AvgIpc) is 3.42. The number of fused-ring (bicyclic) bond motifs is 1. The van der Waals surface area contributed by atoms with Crippen molar-refractivity contribution in [1.82, 2.24) is 24.9 Å². The zero-order valence-corrected chi connectivity index (χ0v) is 16.6. The molecule has 1 N–H and O–H groups in total. The molecule has 0 spiro atoms. The summed E-state index contributed by atoms with van der Waals surface area (Å²) in [6.45, 7) is 0.958. The Morgan fingerprint density at radius 3 is 2.43 bits per heavy atom. The van der Waals surface area contributed by atoms with Gasteiger partial charge in [0.2, 0.25) is 5.69 Å². The molecule has 1 aliphatic rings. The van der Waals surface area contributed by atoms with Crippen LogP contribution in [-0.4, -0.2) is 70.0 Å². The molecule has 4 rings (SSSR count). The fourth-order valence-electron chi connectivity index (χ4n) is 3.74. The Hall–Kier alpha value is -3.69. The summed E-state index contributed by atoms with van der Waals surface area (Å²) in [5.74, 6) is -1.54. The van der Waals surface area contributed by atoms with Crippen LogP contribution in [0.5, 0.6) is 0 Å². The monoisotopic (exact) mass is 411 g/mol. The number of nitrogens with one attached hydrogen (secondary N) is 1. The number of piperidine rings is 1. The van der Waals surface area contributed by atoms with Crippen LogP contribution in [0.3, 0.4) is 0 Å². The number of hydrogen-bond acceptors (Lipinski definition) is 7. The van der Waals surface area contributed by atoms with E-state index in [1.54, 1.807) is 4.90 Å².